The van der Waals surface area contributed by atoms with Crippen molar-refractivity contribution in [3.63, 3.8) is 0 Å². The second-order valence-electron chi connectivity index (χ2n) is 7.31. The summed E-state index contributed by atoms with van der Waals surface area (Å²) < 4.78 is 12.0. The molecule has 0 unspecified atom stereocenters. The van der Waals surface area contributed by atoms with Crippen LogP contribution in [0.25, 0.3) is 6.08 Å². The lowest BCUT2D eigenvalue weighted by molar-refractivity contribution is -0.112. The highest BCUT2D eigenvalue weighted by molar-refractivity contribution is 9.10. The maximum atomic E-state index is 12.7. The van der Waals surface area contributed by atoms with Gasteiger partial charge >= 0.3 is 0 Å². The summed E-state index contributed by atoms with van der Waals surface area (Å²) in [5.41, 5.74) is 4.21. The van der Waals surface area contributed by atoms with Gasteiger partial charge < -0.3 is 14.8 Å². The fraction of sp³-hybridized carbons (Fsp3) is 0.154. The van der Waals surface area contributed by atoms with E-state index < -0.39 is 5.91 Å². The Kier molecular flexibility index (Phi) is 8.16. The molecule has 0 fully saturated rings. The molecule has 168 valence electrons. The Hall–Kier alpha value is -3.27. The molecule has 33 heavy (non-hydrogen) atoms. The molecule has 5 nitrogen and oxygen atoms in total. The molecule has 1 N–H and O–H groups in total. The highest BCUT2D eigenvalue weighted by atomic mass is 79.9. The number of amides is 1. The molecule has 0 heterocycles. The van der Waals surface area contributed by atoms with E-state index in [1.54, 1.807) is 30.3 Å². The third-order valence-electron chi connectivity index (χ3n) is 5.11. The maximum Gasteiger partial charge on any atom is 0.266 e. The molecule has 3 aromatic carbocycles. The quantitative estimate of drug-likeness (QED) is 0.270. The number of hydrogen-bond donors (Lipinski definition) is 1. The van der Waals surface area contributed by atoms with Gasteiger partial charge in [-0.25, -0.2) is 0 Å². The van der Waals surface area contributed by atoms with Gasteiger partial charge in [0.25, 0.3) is 5.91 Å². The average molecular weight is 526 g/mol. The van der Waals surface area contributed by atoms with Gasteiger partial charge in [0.2, 0.25) is 0 Å². The third kappa shape index (κ3) is 6.16. The van der Waals surface area contributed by atoms with Crippen LogP contribution in [0.5, 0.6) is 11.5 Å². The molecular formula is C26H22BrClN2O3. The molecule has 3 aromatic rings. The van der Waals surface area contributed by atoms with Crippen LogP contribution in [0.1, 0.15) is 22.3 Å². The van der Waals surface area contributed by atoms with E-state index in [4.69, 9.17) is 21.1 Å². The SMILES string of the molecule is COc1cc(/C=C(\C#N)C(=O)Nc2cccc(C)c2C)c(Br)cc1OCc1ccc(Cl)cc1. The van der Waals surface area contributed by atoms with Gasteiger partial charge in [-0.1, -0.05) is 51.8 Å². The predicted molar refractivity (Wildman–Crippen MR) is 135 cm³/mol. The first-order chi connectivity index (χ1) is 15.8. The van der Waals surface area contributed by atoms with Crippen LogP contribution in [0.2, 0.25) is 5.02 Å². The Morgan fingerprint density at radius 2 is 1.88 bits per heavy atom. The topological polar surface area (TPSA) is 71.3 Å². The summed E-state index contributed by atoms with van der Waals surface area (Å²) in [6.07, 6.45) is 1.51. The lowest BCUT2D eigenvalue weighted by Crippen LogP contribution is -2.14. The molecule has 0 radical (unpaired) electrons. The molecule has 0 aliphatic carbocycles. The van der Waals surface area contributed by atoms with E-state index in [9.17, 15) is 10.1 Å². The summed E-state index contributed by atoms with van der Waals surface area (Å²) in [6, 6.07) is 18.4. The molecule has 1 amide bonds. The monoisotopic (exact) mass is 524 g/mol. The molecule has 0 bridgehead atoms. The number of nitrogens with one attached hydrogen (secondary N) is 1. The van der Waals surface area contributed by atoms with Crippen molar-refractivity contribution in [3.8, 4) is 17.6 Å². The number of ether oxygens (including phenoxy) is 2. The number of carbonyl (C=O) groups is 1. The van der Waals surface area contributed by atoms with Gasteiger partial charge in [-0.05, 0) is 72.5 Å². The van der Waals surface area contributed by atoms with Gasteiger partial charge in [-0.3, -0.25) is 4.79 Å². The van der Waals surface area contributed by atoms with E-state index in [0.717, 1.165) is 16.7 Å². The van der Waals surface area contributed by atoms with Gasteiger partial charge in [-0.2, -0.15) is 5.26 Å². The number of halogens is 2. The van der Waals surface area contributed by atoms with Crippen LogP contribution >= 0.6 is 27.5 Å². The summed E-state index contributed by atoms with van der Waals surface area (Å²) in [4.78, 5) is 12.7. The first kappa shape index (κ1) is 24.4. The number of aryl methyl sites for hydroxylation is 1. The van der Waals surface area contributed by atoms with Crippen LogP contribution in [0.3, 0.4) is 0 Å². The Morgan fingerprint density at radius 3 is 2.55 bits per heavy atom. The fourth-order valence-electron chi connectivity index (χ4n) is 3.06. The summed E-state index contributed by atoms with van der Waals surface area (Å²) in [5, 5.41) is 13.1. The highest BCUT2D eigenvalue weighted by Crippen LogP contribution is 2.35. The number of nitriles is 1. The third-order valence-corrected chi connectivity index (χ3v) is 6.05. The molecular weight excluding hydrogens is 504 g/mol. The van der Waals surface area contributed by atoms with Crippen LogP contribution in [-0.2, 0) is 11.4 Å². The first-order valence-electron chi connectivity index (χ1n) is 10.1. The second kappa shape index (κ2) is 11.0. The molecule has 0 aliphatic heterocycles. The van der Waals surface area contributed by atoms with Crippen molar-refractivity contribution in [2.75, 3.05) is 12.4 Å². The molecule has 0 saturated heterocycles. The van der Waals surface area contributed by atoms with Crippen LogP contribution in [0.4, 0.5) is 5.69 Å². The Bertz CT molecular complexity index is 1250. The van der Waals surface area contributed by atoms with Gasteiger partial charge in [-0.15, -0.1) is 0 Å². The summed E-state index contributed by atoms with van der Waals surface area (Å²) >= 11 is 9.43. The number of methoxy groups -OCH3 is 1. The molecule has 3 rings (SSSR count). The number of benzene rings is 3. The van der Waals surface area contributed by atoms with E-state index in [0.29, 0.717) is 38.9 Å². The van der Waals surface area contributed by atoms with Gasteiger partial charge in [0, 0.05) is 15.2 Å². The number of rotatable bonds is 7. The van der Waals surface area contributed by atoms with Crippen molar-refractivity contribution in [1.29, 1.82) is 5.26 Å². The van der Waals surface area contributed by atoms with Gasteiger partial charge in [0.05, 0.1) is 7.11 Å². The highest BCUT2D eigenvalue weighted by Gasteiger charge is 2.15. The zero-order valence-electron chi connectivity index (χ0n) is 18.4. The number of carbonyl (C=O) groups excluding carboxylic acids is 1. The largest absolute Gasteiger partial charge is 0.493 e. The van der Waals surface area contributed by atoms with Crippen molar-refractivity contribution < 1.29 is 14.3 Å². The van der Waals surface area contributed by atoms with Gasteiger partial charge in [0.1, 0.15) is 18.2 Å². The minimum absolute atomic E-state index is 0.0338. The number of nitrogens with zero attached hydrogens (tertiary/aromatic N) is 1. The van der Waals surface area contributed by atoms with E-state index >= 15 is 0 Å². The van der Waals surface area contributed by atoms with E-state index in [1.807, 2.05) is 44.2 Å². The zero-order valence-corrected chi connectivity index (χ0v) is 20.8. The van der Waals surface area contributed by atoms with Crippen LogP contribution < -0.4 is 14.8 Å². The normalized spacial score (nSPS) is 11.0. The maximum absolute atomic E-state index is 12.7. The molecule has 0 aliphatic rings. The minimum atomic E-state index is -0.486. The van der Waals surface area contributed by atoms with Gasteiger partial charge in [0.15, 0.2) is 11.5 Å². The van der Waals surface area contributed by atoms with Crippen molar-refractivity contribution in [1.82, 2.24) is 0 Å². The zero-order chi connectivity index (χ0) is 24.0. The minimum Gasteiger partial charge on any atom is -0.493 e. The average Bonchev–Trinajstić information content (AvgIpc) is 2.81. The van der Waals surface area contributed by atoms with Crippen molar-refractivity contribution in [2.45, 2.75) is 20.5 Å². The lowest BCUT2D eigenvalue weighted by atomic mass is 10.1. The van der Waals surface area contributed by atoms with Crippen LogP contribution in [0, 0.1) is 25.2 Å². The van der Waals surface area contributed by atoms with Crippen molar-refractivity contribution >= 4 is 45.2 Å². The second-order valence-corrected chi connectivity index (χ2v) is 8.60. The Morgan fingerprint density at radius 1 is 1.15 bits per heavy atom. The molecule has 0 atom stereocenters. The Labute approximate surface area is 206 Å². The van der Waals surface area contributed by atoms with Crippen molar-refractivity contribution in [2.24, 2.45) is 0 Å². The standard InChI is InChI=1S/C26H22BrClN2O3/c1-16-5-4-6-23(17(16)2)30-26(31)20(14-29)11-19-12-24(32-3)25(13-22(19)27)33-15-18-7-9-21(28)10-8-18/h4-13H,15H2,1-3H3,(H,30,31)/b20-11+. The van der Waals surface area contributed by atoms with Crippen LogP contribution in [0.15, 0.2) is 64.6 Å². The number of hydrogen-bond acceptors (Lipinski definition) is 4. The summed E-state index contributed by atoms with van der Waals surface area (Å²) in [7, 11) is 1.53. The van der Waals surface area contributed by atoms with E-state index in [1.165, 1.54) is 13.2 Å². The first-order valence-corrected chi connectivity index (χ1v) is 11.2. The lowest BCUT2D eigenvalue weighted by Gasteiger charge is -2.13. The predicted octanol–water partition coefficient (Wildman–Crippen LogP) is 6.85. The fourth-order valence-corrected chi connectivity index (χ4v) is 3.62. The summed E-state index contributed by atoms with van der Waals surface area (Å²) in [6.45, 7) is 4.22. The molecule has 0 spiro atoms. The number of anilines is 1. The van der Waals surface area contributed by atoms with Crippen molar-refractivity contribution in [3.05, 3.63) is 91.9 Å². The van der Waals surface area contributed by atoms with E-state index in [-0.39, 0.29) is 5.57 Å². The van der Waals surface area contributed by atoms with Crippen LogP contribution in [-0.4, -0.2) is 13.0 Å². The molecule has 7 heteroatoms. The molecule has 0 saturated carbocycles. The van der Waals surface area contributed by atoms with E-state index in [2.05, 4.69) is 21.2 Å². The summed E-state index contributed by atoms with van der Waals surface area (Å²) in [5.74, 6) is 0.514. The Balaban J connectivity index is 1.83. The molecule has 0 aromatic heterocycles. The smallest absolute Gasteiger partial charge is 0.266 e.